The van der Waals surface area contributed by atoms with Crippen LogP contribution >= 0.6 is 0 Å². The van der Waals surface area contributed by atoms with E-state index in [1.165, 1.54) is 38.5 Å². The van der Waals surface area contributed by atoms with Gasteiger partial charge in [-0.2, -0.15) is 0 Å². The molecule has 0 aromatic rings. The Balaban J connectivity index is 1.92. The number of fused-ring (bicyclic) bond motifs is 2. The molecule has 0 aromatic heterocycles. The van der Waals surface area contributed by atoms with Crippen LogP contribution < -0.4 is 0 Å². The van der Waals surface area contributed by atoms with Crippen molar-refractivity contribution in [3.63, 3.8) is 0 Å². The van der Waals surface area contributed by atoms with Crippen molar-refractivity contribution in [2.45, 2.75) is 38.5 Å². The van der Waals surface area contributed by atoms with Crippen LogP contribution in [-0.2, 0) is 4.79 Å². The Hall–Kier alpha value is -0.330. The second-order valence-corrected chi connectivity index (χ2v) is 5.08. The number of rotatable bonds is 0. The topological polar surface area (TPSA) is 17.1 Å². The van der Waals surface area contributed by atoms with Gasteiger partial charge < -0.3 is 0 Å². The Labute approximate surface area is 66.2 Å². The van der Waals surface area contributed by atoms with E-state index in [0.717, 1.165) is 0 Å². The molecule has 0 atom stereocenters. The van der Waals surface area contributed by atoms with Gasteiger partial charge in [0, 0.05) is 10.8 Å². The first-order valence-corrected chi connectivity index (χ1v) is 4.83. The molecule has 0 amide bonds. The third-order valence-electron chi connectivity index (χ3n) is 4.95. The smallest absolute Gasteiger partial charge is 0.146 e. The normalized spacial score (nSPS) is 42.7. The molecule has 0 heterocycles. The van der Waals surface area contributed by atoms with Crippen LogP contribution in [0.5, 0.6) is 0 Å². The molecule has 0 bridgehead atoms. The van der Waals surface area contributed by atoms with Crippen molar-refractivity contribution in [3.05, 3.63) is 0 Å². The largest absolute Gasteiger partial charge is 0.298 e. The summed E-state index contributed by atoms with van der Waals surface area (Å²) in [5.74, 6) is 0.683. The van der Waals surface area contributed by atoms with Crippen LogP contribution in [0.15, 0.2) is 0 Å². The fourth-order valence-corrected chi connectivity index (χ4v) is 4.03. The van der Waals surface area contributed by atoms with Crippen molar-refractivity contribution < 1.29 is 4.79 Å². The van der Waals surface area contributed by atoms with Crippen LogP contribution in [0.4, 0.5) is 0 Å². The molecule has 0 aliphatic heterocycles. The molecular formula is C10H12O. The molecule has 0 saturated heterocycles. The SMILES string of the molecule is O=C1C2(CC2)C2(CC2)C12CC2. The van der Waals surface area contributed by atoms with E-state index in [9.17, 15) is 4.79 Å². The fourth-order valence-electron chi connectivity index (χ4n) is 4.03. The first-order valence-electron chi connectivity index (χ1n) is 4.83. The van der Waals surface area contributed by atoms with Crippen molar-refractivity contribution in [1.29, 1.82) is 0 Å². The van der Waals surface area contributed by atoms with Crippen molar-refractivity contribution in [1.82, 2.24) is 0 Å². The molecule has 4 aliphatic rings. The van der Waals surface area contributed by atoms with Crippen molar-refractivity contribution in [2.75, 3.05) is 0 Å². The van der Waals surface area contributed by atoms with E-state index >= 15 is 0 Å². The lowest BCUT2D eigenvalue weighted by atomic mass is 9.54. The summed E-state index contributed by atoms with van der Waals surface area (Å²) in [6, 6.07) is 0. The molecule has 4 aliphatic carbocycles. The number of Topliss-reactive ketones (excluding diaryl/α,β-unsaturated/α-hetero) is 1. The molecule has 1 heteroatoms. The molecular weight excluding hydrogens is 136 g/mol. The van der Waals surface area contributed by atoms with Gasteiger partial charge in [-0.25, -0.2) is 0 Å². The molecule has 11 heavy (non-hydrogen) atoms. The molecule has 0 unspecified atom stereocenters. The predicted molar refractivity (Wildman–Crippen MR) is 40.0 cm³/mol. The van der Waals surface area contributed by atoms with E-state index in [1.807, 2.05) is 0 Å². The minimum atomic E-state index is 0.295. The average molecular weight is 148 g/mol. The van der Waals surface area contributed by atoms with E-state index in [1.54, 1.807) is 0 Å². The number of hydrogen-bond acceptors (Lipinski definition) is 1. The first-order chi connectivity index (χ1) is 5.28. The van der Waals surface area contributed by atoms with Crippen molar-refractivity contribution >= 4 is 5.78 Å². The van der Waals surface area contributed by atoms with Crippen LogP contribution in [0, 0.1) is 16.2 Å². The molecule has 0 N–H and O–H groups in total. The fraction of sp³-hybridized carbons (Fsp3) is 0.900. The van der Waals surface area contributed by atoms with Crippen molar-refractivity contribution in [3.8, 4) is 0 Å². The second kappa shape index (κ2) is 1.02. The third-order valence-corrected chi connectivity index (χ3v) is 4.95. The van der Waals surface area contributed by atoms with Gasteiger partial charge in [0.1, 0.15) is 5.78 Å². The maximum atomic E-state index is 11.8. The lowest BCUT2D eigenvalue weighted by molar-refractivity contribution is -0.153. The highest BCUT2D eigenvalue weighted by molar-refractivity contribution is 6.04. The van der Waals surface area contributed by atoms with Gasteiger partial charge in [0.25, 0.3) is 0 Å². The highest BCUT2D eigenvalue weighted by atomic mass is 16.1. The quantitative estimate of drug-likeness (QED) is 0.513. The Morgan fingerprint density at radius 1 is 0.818 bits per heavy atom. The van der Waals surface area contributed by atoms with Crippen LogP contribution in [0.3, 0.4) is 0 Å². The molecule has 0 aromatic carbocycles. The zero-order valence-electron chi connectivity index (χ0n) is 6.65. The maximum absolute atomic E-state index is 11.8. The van der Waals surface area contributed by atoms with Gasteiger partial charge in [-0.3, -0.25) is 4.79 Å². The molecule has 3 spiro atoms. The van der Waals surface area contributed by atoms with Crippen LogP contribution in [0.1, 0.15) is 38.5 Å². The lowest BCUT2D eigenvalue weighted by Crippen LogP contribution is -2.53. The van der Waals surface area contributed by atoms with Gasteiger partial charge in [0.15, 0.2) is 0 Å². The summed E-state index contributed by atoms with van der Waals surface area (Å²) in [5, 5.41) is 0. The lowest BCUT2D eigenvalue weighted by Gasteiger charge is -2.46. The Kier molecular flexibility index (Phi) is 0.496. The van der Waals surface area contributed by atoms with E-state index in [2.05, 4.69) is 0 Å². The first kappa shape index (κ1) is 5.34. The van der Waals surface area contributed by atoms with Gasteiger partial charge in [-0.05, 0) is 43.9 Å². The Bertz CT molecular complexity index is 253. The van der Waals surface area contributed by atoms with Gasteiger partial charge in [-0.1, -0.05) is 0 Å². The molecule has 0 radical (unpaired) electrons. The molecule has 4 rings (SSSR count). The molecule has 1 nitrogen and oxygen atoms in total. The van der Waals surface area contributed by atoms with Gasteiger partial charge in [-0.15, -0.1) is 0 Å². The van der Waals surface area contributed by atoms with E-state index in [0.29, 0.717) is 22.0 Å². The minimum Gasteiger partial charge on any atom is -0.298 e. The summed E-state index contributed by atoms with van der Waals surface area (Å²) in [5.41, 5.74) is 1.20. The van der Waals surface area contributed by atoms with Crippen LogP contribution in [0.25, 0.3) is 0 Å². The second-order valence-electron chi connectivity index (χ2n) is 5.08. The summed E-state index contributed by atoms with van der Waals surface area (Å²) in [7, 11) is 0. The van der Waals surface area contributed by atoms with E-state index in [-0.39, 0.29) is 0 Å². The summed E-state index contributed by atoms with van der Waals surface area (Å²) in [4.78, 5) is 11.8. The summed E-state index contributed by atoms with van der Waals surface area (Å²) in [6.45, 7) is 0. The highest BCUT2D eigenvalue weighted by Crippen LogP contribution is 2.92. The average Bonchev–Trinajstić information content (AvgIpc) is 2.80. The number of hydrogen-bond donors (Lipinski definition) is 0. The Morgan fingerprint density at radius 2 is 1.27 bits per heavy atom. The standard InChI is InChI=1S/C10H12O/c11-7-8(1-2-8)10(5-6-10)9(7)3-4-9/h1-6H2. The van der Waals surface area contributed by atoms with Gasteiger partial charge in [0.05, 0.1) is 0 Å². The minimum absolute atomic E-state index is 0.295. The van der Waals surface area contributed by atoms with E-state index in [4.69, 9.17) is 0 Å². The monoisotopic (exact) mass is 148 g/mol. The van der Waals surface area contributed by atoms with Crippen molar-refractivity contribution in [2.24, 2.45) is 16.2 Å². The molecule has 4 saturated carbocycles. The molecule has 4 fully saturated rings. The van der Waals surface area contributed by atoms with Crippen LogP contribution in [-0.4, -0.2) is 5.78 Å². The van der Waals surface area contributed by atoms with Gasteiger partial charge in [0.2, 0.25) is 0 Å². The number of ketones is 1. The number of carbonyl (C=O) groups is 1. The molecule has 58 valence electrons. The summed E-state index contributed by atoms with van der Waals surface area (Å²) in [6.07, 6.45) is 7.75. The van der Waals surface area contributed by atoms with Gasteiger partial charge >= 0.3 is 0 Å². The highest BCUT2D eigenvalue weighted by Gasteiger charge is 2.91. The van der Waals surface area contributed by atoms with E-state index < -0.39 is 0 Å². The summed E-state index contributed by atoms with van der Waals surface area (Å²) < 4.78 is 0. The Morgan fingerprint density at radius 3 is 1.55 bits per heavy atom. The zero-order chi connectivity index (χ0) is 7.32. The number of carbonyl (C=O) groups excluding carboxylic acids is 1. The maximum Gasteiger partial charge on any atom is 0.146 e. The predicted octanol–water partition coefficient (Wildman–Crippen LogP) is 1.91. The summed E-state index contributed by atoms with van der Waals surface area (Å²) >= 11 is 0. The third kappa shape index (κ3) is 0.285. The van der Waals surface area contributed by atoms with Crippen LogP contribution in [0.2, 0.25) is 0 Å². The zero-order valence-corrected chi connectivity index (χ0v) is 6.65.